The Bertz CT molecular complexity index is 227. The van der Waals surface area contributed by atoms with Crippen LogP contribution in [0, 0.1) is 11.3 Å². The van der Waals surface area contributed by atoms with E-state index in [0.717, 1.165) is 0 Å². The predicted molar refractivity (Wildman–Crippen MR) is 56.0 cm³/mol. The van der Waals surface area contributed by atoms with Crippen LogP contribution in [0.2, 0.25) is 0 Å². The van der Waals surface area contributed by atoms with Crippen molar-refractivity contribution in [1.82, 2.24) is 0 Å². The largest absolute Gasteiger partial charge is 0.481 e. The summed E-state index contributed by atoms with van der Waals surface area (Å²) >= 11 is 0. The Balaban J connectivity index is 5.21. The van der Waals surface area contributed by atoms with E-state index in [1.165, 1.54) is 6.08 Å². The minimum atomic E-state index is -1.37. The number of aliphatic hydroxyl groups is 1. The molecule has 0 amide bonds. The van der Waals surface area contributed by atoms with Gasteiger partial charge in [-0.05, 0) is 11.8 Å². The third-order valence-electron chi connectivity index (χ3n) is 2.75. The quantitative estimate of drug-likeness (QED) is 0.683. The predicted octanol–water partition coefficient (Wildman–Crippen LogP) is 2.06. The van der Waals surface area contributed by atoms with E-state index in [0.29, 0.717) is 6.42 Å². The van der Waals surface area contributed by atoms with Gasteiger partial charge in [-0.2, -0.15) is 0 Å². The average Bonchev–Trinajstić information content (AvgIpc) is 2.02. The average molecular weight is 200 g/mol. The SMILES string of the molecule is C=CC(O)(C(CC)C(=O)O)C(C)(C)C. The second-order valence-corrected chi connectivity index (χ2v) is 4.58. The molecule has 0 aromatic rings. The van der Waals surface area contributed by atoms with E-state index >= 15 is 0 Å². The van der Waals surface area contributed by atoms with Crippen LogP contribution in [0.15, 0.2) is 12.7 Å². The minimum absolute atomic E-state index is 0.384. The highest BCUT2D eigenvalue weighted by molar-refractivity contribution is 5.72. The highest BCUT2D eigenvalue weighted by Gasteiger charge is 2.46. The number of carbonyl (C=O) groups is 1. The third-order valence-corrected chi connectivity index (χ3v) is 2.75. The molecule has 0 bridgehead atoms. The molecule has 0 aromatic carbocycles. The van der Waals surface area contributed by atoms with Crippen LogP contribution < -0.4 is 0 Å². The van der Waals surface area contributed by atoms with Crippen LogP contribution in [0.3, 0.4) is 0 Å². The zero-order valence-electron chi connectivity index (χ0n) is 9.37. The van der Waals surface area contributed by atoms with Gasteiger partial charge >= 0.3 is 5.97 Å². The van der Waals surface area contributed by atoms with Gasteiger partial charge in [-0.3, -0.25) is 4.79 Å². The van der Waals surface area contributed by atoms with Crippen LogP contribution in [0.5, 0.6) is 0 Å². The van der Waals surface area contributed by atoms with Crippen LogP contribution in [-0.4, -0.2) is 21.8 Å². The summed E-state index contributed by atoms with van der Waals surface area (Å²) in [7, 11) is 0. The van der Waals surface area contributed by atoms with E-state index in [1.807, 2.05) is 0 Å². The Hall–Kier alpha value is -0.830. The molecule has 0 aromatic heterocycles. The highest BCUT2D eigenvalue weighted by atomic mass is 16.4. The van der Waals surface area contributed by atoms with Crippen LogP contribution >= 0.6 is 0 Å². The summed E-state index contributed by atoms with van der Waals surface area (Å²) in [6.45, 7) is 10.7. The van der Waals surface area contributed by atoms with Crippen molar-refractivity contribution in [3.8, 4) is 0 Å². The first kappa shape index (κ1) is 13.2. The molecule has 14 heavy (non-hydrogen) atoms. The molecule has 2 atom stereocenters. The highest BCUT2D eigenvalue weighted by Crippen LogP contribution is 2.39. The van der Waals surface area contributed by atoms with E-state index in [1.54, 1.807) is 27.7 Å². The van der Waals surface area contributed by atoms with E-state index in [-0.39, 0.29) is 0 Å². The lowest BCUT2D eigenvalue weighted by atomic mass is 9.68. The fraction of sp³-hybridized carbons (Fsp3) is 0.727. The number of carboxylic acid groups (broad SMARTS) is 1. The monoisotopic (exact) mass is 200 g/mol. The lowest BCUT2D eigenvalue weighted by molar-refractivity contribution is -0.156. The van der Waals surface area contributed by atoms with Gasteiger partial charge in [0, 0.05) is 0 Å². The normalized spacial score (nSPS) is 18.4. The molecule has 0 saturated carbocycles. The van der Waals surface area contributed by atoms with Gasteiger partial charge in [0.2, 0.25) is 0 Å². The van der Waals surface area contributed by atoms with Crippen molar-refractivity contribution in [2.75, 3.05) is 0 Å². The number of hydrogen-bond donors (Lipinski definition) is 2. The standard InChI is InChI=1S/C11H20O3/c1-6-8(9(12)13)11(14,7-2)10(3,4)5/h7-8,14H,2,6H2,1,3-5H3,(H,12,13). The topological polar surface area (TPSA) is 57.5 Å². The second kappa shape index (κ2) is 4.13. The number of carboxylic acids is 1. The molecule has 0 fully saturated rings. The molecule has 82 valence electrons. The number of hydrogen-bond acceptors (Lipinski definition) is 2. The summed E-state index contributed by atoms with van der Waals surface area (Å²) < 4.78 is 0. The fourth-order valence-corrected chi connectivity index (χ4v) is 1.65. The molecule has 3 heteroatoms. The Kier molecular flexibility index (Phi) is 3.89. The molecule has 0 aliphatic rings. The van der Waals surface area contributed by atoms with E-state index < -0.39 is 22.9 Å². The van der Waals surface area contributed by atoms with E-state index in [9.17, 15) is 9.90 Å². The minimum Gasteiger partial charge on any atom is -0.481 e. The van der Waals surface area contributed by atoms with E-state index in [4.69, 9.17) is 5.11 Å². The van der Waals surface area contributed by atoms with Crippen LogP contribution in [0.25, 0.3) is 0 Å². The van der Waals surface area contributed by atoms with Crippen molar-refractivity contribution < 1.29 is 15.0 Å². The molecule has 0 radical (unpaired) electrons. The smallest absolute Gasteiger partial charge is 0.309 e. The van der Waals surface area contributed by atoms with Crippen molar-refractivity contribution >= 4 is 5.97 Å². The molecule has 0 spiro atoms. The Labute approximate surface area is 85.4 Å². The van der Waals surface area contributed by atoms with E-state index in [2.05, 4.69) is 6.58 Å². The third kappa shape index (κ3) is 2.15. The first-order valence-electron chi connectivity index (χ1n) is 4.79. The Morgan fingerprint density at radius 2 is 1.93 bits per heavy atom. The molecule has 2 unspecified atom stereocenters. The van der Waals surface area contributed by atoms with Gasteiger partial charge in [0.1, 0.15) is 5.60 Å². The van der Waals surface area contributed by atoms with Gasteiger partial charge < -0.3 is 10.2 Å². The van der Waals surface area contributed by atoms with Crippen LogP contribution in [0.4, 0.5) is 0 Å². The van der Waals surface area contributed by atoms with Crippen molar-refractivity contribution in [2.24, 2.45) is 11.3 Å². The maximum absolute atomic E-state index is 11.0. The van der Waals surface area contributed by atoms with Gasteiger partial charge in [0.25, 0.3) is 0 Å². The molecular weight excluding hydrogens is 180 g/mol. The molecule has 0 rings (SSSR count). The summed E-state index contributed by atoms with van der Waals surface area (Å²) in [5.41, 5.74) is -1.90. The first-order chi connectivity index (χ1) is 6.20. The van der Waals surface area contributed by atoms with Crippen LogP contribution in [-0.2, 0) is 4.79 Å². The molecule has 0 aliphatic heterocycles. The van der Waals surface area contributed by atoms with Crippen LogP contribution in [0.1, 0.15) is 34.1 Å². The molecule has 3 nitrogen and oxygen atoms in total. The zero-order chi connectivity index (χ0) is 11.6. The summed E-state index contributed by atoms with van der Waals surface area (Å²) in [5, 5.41) is 19.3. The Morgan fingerprint density at radius 3 is 2.00 bits per heavy atom. The molecule has 2 N–H and O–H groups in total. The Morgan fingerprint density at radius 1 is 1.50 bits per heavy atom. The fourth-order valence-electron chi connectivity index (χ4n) is 1.65. The van der Waals surface area contributed by atoms with Gasteiger partial charge in [-0.25, -0.2) is 0 Å². The first-order valence-corrected chi connectivity index (χ1v) is 4.79. The summed E-state index contributed by atoms with van der Waals surface area (Å²) in [6, 6.07) is 0. The van der Waals surface area contributed by atoms with Crippen molar-refractivity contribution in [3.05, 3.63) is 12.7 Å². The summed E-state index contributed by atoms with van der Waals surface area (Å²) in [4.78, 5) is 11.0. The van der Waals surface area contributed by atoms with Gasteiger partial charge in [0.15, 0.2) is 0 Å². The maximum Gasteiger partial charge on any atom is 0.309 e. The lowest BCUT2D eigenvalue weighted by Gasteiger charge is -2.41. The molecule has 0 heterocycles. The lowest BCUT2D eigenvalue weighted by Crippen LogP contribution is -2.50. The van der Waals surface area contributed by atoms with Gasteiger partial charge in [-0.1, -0.05) is 33.8 Å². The van der Waals surface area contributed by atoms with Gasteiger partial charge in [0.05, 0.1) is 5.92 Å². The number of rotatable bonds is 4. The van der Waals surface area contributed by atoms with Gasteiger partial charge in [-0.15, -0.1) is 6.58 Å². The molecule has 0 saturated heterocycles. The molecular formula is C11H20O3. The van der Waals surface area contributed by atoms with Crippen molar-refractivity contribution in [2.45, 2.75) is 39.7 Å². The van der Waals surface area contributed by atoms with Crippen molar-refractivity contribution in [1.29, 1.82) is 0 Å². The number of aliphatic carboxylic acids is 1. The zero-order valence-corrected chi connectivity index (χ0v) is 9.37. The summed E-state index contributed by atoms with van der Waals surface area (Å²) in [5.74, 6) is -1.79. The summed E-state index contributed by atoms with van der Waals surface area (Å²) in [6.07, 6.45) is 1.73. The molecule has 0 aliphatic carbocycles. The maximum atomic E-state index is 11.0. The second-order valence-electron chi connectivity index (χ2n) is 4.58. The van der Waals surface area contributed by atoms with Crippen molar-refractivity contribution in [3.63, 3.8) is 0 Å².